The third-order valence-electron chi connectivity index (χ3n) is 3.31. The molecule has 1 heterocycles. The van der Waals surface area contributed by atoms with Crippen LogP contribution in [-0.2, 0) is 6.54 Å². The van der Waals surface area contributed by atoms with Crippen molar-refractivity contribution in [3.63, 3.8) is 0 Å². The molecule has 0 saturated heterocycles. The van der Waals surface area contributed by atoms with Crippen molar-refractivity contribution in [3.05, 3.63) is 59.0 Å². The molecule has 0 spiro atoms. The van der Waals surface area contributed by atoms with E-state index in [0.29, 0.717) is 12.3 Å². The molecule has 1 unspecified atom stereocenters. The Morgan fingerprint density at radius 1 is 1.35 bits per heavy atom. The van der Waals surface area contributed by atoms with Gasteiger partial charge in [-0.1, -0.05) is 36.8 Å². The highest BCUT2D eigenvalue weighted by molar-refractivity contribution is 5.87. The molecule has 20 heavy (non-hydrogen) atoms. The molecule has 1 aromatic heterocycles. The minimum Gasteiger partial charge on any atom is -0.478 e. The maximum Gasteiger partial charge on any atom is 0.338 e. The molecule has 4 heteroatoms. The van der Waals surface area contributed by atoms with Crippen LogP contribution < -0.4 is 5.32 Å². The van der Waals surface area contributed by atoms with Crippen LogP contribution in [0.1, 0.15) is 46.6 Å². The third-order valence-corrected chi connectivity index (χ3v) is 3.31. The first kappa shape index (κ1) is 14.3. The number of rotatable bonds is 6. The van der Waals surface area contributed by atoms with E-state index in [-0.39, 0.29) is 11.6 Å². The quantitative estimate of drug-likeness (QED) is 0.845. The van der Waals surface area contributed by atoms with Gasteiger partial charge in [0.2, 0.25) is 0 Å². The second-order valence-electron chi connectivity index (χ2n) is 4.86. The van der Waals surface area contributed by atoms with Gasteiger partial charge in [-0.3, -0.25) is 0 Å². The van der Waals surface area contributed by atoms with E-state index >= 15 is 0 Å². The molecule has 0 fully saturated rings. The number of hydrogen-bond acceptors (Lipinski definition) is 3. The fraction of sp³-hybridized carbons (Fsp3) is 0.312. The van der Waals surface area contributed by atoms with Crippen LogP contribution in [0.3, 0.4) is 0 Å². The van der Waals surface area contributed by atoms with E-state index < -0.39 is 5.97 Å². The van der Waals surface area contributed by atoms with Gasteiger partial charge in [-0.2, -0.15) is 0 Å². The van der Waals surface area contributed by atoms with Gasteiger partial charge in [-0.15, -0.1) is 0 Å². The number of carboxylic acids is 1. The molecular formula is C16H19NO3. The average Bonchev–Trinajstić information content (AvgIpc) is 2.90. The third kappa shape index (κ3) is 3.48. The number of nitrogens with one attached hydrogen (secondary N) is 1. The van der Waals surface area contributed by atoms with Crippen LogP contribution in [0.25, 0.3) is 0 Å². The van der Waals surface area contributed by atoms with E-state index in [2.05, 4.69) is 43.4 Å². The molecule has 0 aliphatic carbocycles. The Bertz CT molecular complexity index is 572. The van der Waals surface area contributed by atoms with E-state index in [4.69, 9.17) is 9.52 Å². The Hall–Kier alpha value is -2.07. The predicted molar refractivity (Wildman–Crippen MR) is 76.7 cm³/mol. The van der Waals surface area contributed by atoms with E-state index in [0.717, 1.165) is 6.42 Å². The van der Waals surface area contributed by atoms with Crippen LogP contribution in [0.2, 0.25) is 0 Å². The molecule has 1 aromatic carbocycles. The van der Waals surface area contributed by atoms with Crippen molar-refractivity contribution >= 4 is 5.97 Å². The van der Waals surface area contributed by atoms with Crippen LogP contribution in [0, 0.1) is 6.92 Å². The zero-order chi connectivity index (χ0) is 14.5. The molecule has 0 saturated carbocycles. The smallest absolute Gasteiger partial charge is 0.338 e. The molecule has 0 amide bonds. The van der Waals surface area contributed by atoms with E-state index in [1.54, 1.807) is 6.07 Å². The first-order chi connectivity index (χ1) is 9.60. The molecule has 0 aliphatic heterocycles. The summed E-state index contributed by atoms with van der Waals surface area (Å²) in [6, 6.07) is 10.2. The number of aromatic carboxylic acids is 1. The van der Waals surface area contributed by atoms with Crippen LogP contribution in [-0.4, -0.2) is 11.1 Å². The van der Waals surface area contributed by atoms with E-state index in [1.807, 2.05) is 0 Å². The summed E-state index contributed by atoms with van der Waals surface area (Å²) < 4.78 is 5.23. The van der Waals surface area contributed by atoms with Crippen molar-refractivity contribution < 1.29 is 14.3 Å². The minimum atomic E-state index is -0.967. The second kappa shape index (κ2) is 6.39. The van der Waals surface area contributed by atoms with Gasteiger partial charge in [0.25, 0.3) is 0 Å². The van der Waals surface area contributed by atoms with Crippen molar-refractivity contribution in [1.29, 1.82) is 0 Å². The Kier molecular flexibility index (Phi) is 4.58. The van der Waals surface area contributed by atoms with Crippen LogP contribution in [0.15, 0.2) is 41.0 Å². The van der Waals surface area contributed by atoms with Gasteiger partial charge in [0, 0.05) is 6.04 Å². The zero-order valence-corrected chi connectivity index (χ0v) is 11.7. The number of furan rings is 1. The zero-order valence-electron chi connectivity index (χ0n) is 11.7. The Morgan fingerprint density at radius 3 is 2.60 bits per heavy atom. The summed E-state index contributed by atoms with van der Waals surface area (Å²) in [5.74, 6) is -0.335. The summed E-state index contributed by atoms with van der Waals surface area (Å²) in [6.45, 7) is 4.69. The largest absolute Gasteiger partial charge is 0.478 e. The van der Waals surface area contributed by atoms with Gasteiger partial charge in [0.15, 0.2) is 0 Å². The lowest BCUT2D eigenvalue weighted by Crippen LogP contribution is -2.20. The highest BCUT2D eigenvalue weighted by atomic mass is 16.4. The topological polar surface area (TPSA) is 62.5 Å². The highest BCUT2D eigenvalue weighted by Crippen LogP contribution is 2.18. The van der Waals surface area contributed by atoms with Gasteiger partial charge < -0.3 is 14.8 Å². The normalized spacial score (nSPS) is 12.3. The van der Waals surface area contributed by atoms with Gasteiger partial charge in [-0.05, 0) is 25.0 Å². The Morgan fingerprint density at radius 2 is 2.05 bits per heavy atom. The summed E-state index contributed by atoms with van der Waals surface area (Å²) in [6.07, 6.45) is 2.22. The monoisotopic (exact) mass is 273 g/mol. The number of benzene rings is 1. The molecule has 1 atom stereocenters. The first-order valence-corrected chi connectivity index (χ1v) is 6.70. The summed E-state index contributed by atoms with van der Waals surface area (Å²) in [5, 5.41) is 12.2. The Labute approximate surface area is 118 Å². The van der Waals surface area contributed by atoms with Crippen LogP contribution in [0.5, 0.6) is 0 Å². The van der Waals surface area contributed by atoms with Gasteiger partial charge in [-0.25, -0.2) is 4.79 Å². The molecule has 106 valence electrons. The number of carbonyl (C=O) groups is 1. The molecule has 0 aliphatic rings. The first-order valence-electron chi connectivity index (χ1n) is 6.70. The maximum atomic E-state index is 10.8. The highest BCUT2D eigenvalue weighted by Gasteiger charge is 2.11. The van der Waals surface area contributed by atoms with Crippen molar-refractivity contribution in [2.75, 3.05) is 0 Å². The summed E-state index contributed by atoms with van der Waals surface area (Å²) in [5.41, 5.74) is 2.65. The fourth-order valence-corrected chi connectivity index (χ4v) is 2.11. The number of carboxylic acid groups (broad SMARTS) is 1. The summed E-state index contributed by atoms with van der Waals surface area (Å²) in [4.78, 5) is 10.8. The van der Waals surface area contributed by atoms with Crippen LogP contribution in [0.4, 0.5) is 0 Å². The Balaban J connectivity index is 1.99. The van der Waals surface area contributed by atoms with Gasteiger partial charge >= 0.3 is 5.97 Å². The molecule has 2 aromatic rings. The lowest BCUT2D eigenvalue weighted by atomic mass is 10.0. The predicted octanol–water partition coefficient (Wildman–Crippen LogP) is 3.53. The average molecular weight is 273 g/mol. The number of hydrogen-bond donors (Lipinski definition) is 2. The van der Waals surface area contributed by atoms with E-state index in [9.17, 15) is 4.79 Å². The molecule has 2 N–H and O–H groups in total. The standard InChI is InChI=1S/C16H19NO3/c1-3-15(12-6-4-11(2)5-7-12)17-9-14-8-13(10-20-14)16(18)19/h4-8,10,15,17H,3,9H2,1-2H3,(H,18,19). The van der Waals surface area contributed by atoms with Gasteiger partial charge in [0.05, 0.1) is 12.1 Å². The molecule has 0 radical (unpaired) electrons. The summed E-state index contributed by atoms with van der Waals surface area (Å²) >= 11 is 0. The molecular weight excluding hydrogens is 254 g/mol. The molecule has 4 nitrogen and oxygen atoms in total. The van der Waals surface area contributed by atoms with Crippen molar-refractivity contribution in [1.82, 2.24) is 5.32 Å². The SMILES string of the molecule is CCC(NCc1cc(C(=O)O)co1)c1ccc(C)cc1. The molecule has 2 rings (SSSR count). The second-order valence-corrected chi connectivity index (χ2v) is 4.86. The van der Waals surface area contributed by atoms with Gasteiger partial charge in [0.1, 0.15) is 12.0 Å². The van der Waals surface area contributed by atoms with Crippen molar-refractivity contribution in [3.8, 4) is 0 Å². The van der Waals surface area contributed by atoms with Crippen LogP contribution >= 0.6 is 0 Å². The fourth-order valence-electron chi connectivity index (χ4n) is 2.11. The van der Waals surface area contributed by atoms with Crippen molar-refractivity contribution in [2.24, 2.45) is 0 Å². The lowest BCUT2D eigenvalue weighted by molar-refractivity contribution is 0.0696. The molecule has 0 bridgehead atoms. The maximum absolute atomic E-state index is 10.8. The van der Waals surface area contributed by atoms with Crippen molar-refractivity contribution in [2.45, 2.75) is 32.9 Å². The minimum absolute atomic E-state index is 0.185. The van der Waals surface area contributed by atoms with E-state index in [1.165, 1.54) is 17.4 Å². The lowest BCUT2D eigenvalue weighted by Gasteiger charge is -2.16. The summed E-state index contributed by atoms with van der Waals surface area (Å²) in [7, 11) is 0. The number of aryl methyl sites for hydroxylation is 1.